The summed E-state index contributed by atoms with van der Waals surface area (Å²) < 4.78 is 15.8. The first-order valence-electron chi connectivity index (χ1n) is 11.1. The van der Waals surface area contributed by atoms with Crippen molar-refractivity contribution >= 4 is 17.5 Å². The SMILES string of the molecule is COc1ccc(OCC(=O)NCc2ccc3c(c2)N(C(=O)c2ccc(OC)cc2)C(C)C3)cc1. The van der Waals surface area contributed by atoms with Crippen LogP contribution in [0.5, 0.6) is 17.2 Å². The van der Waals surface area contributed by atoms with Crippen LogP contribution in [0.2, 0.25) is 0 Å². The molecule has 0 saturated heterocycles. The number of benzene rings is 3. The van der Waals surface area contributed by atoms with Crippen molar-refractivity contribution < 1.29 is 23.8 Å². The Morgan fingerprint density at radius 3 is 2.18 bits per heavy atom. The number of hydrogen-bond acceptors (Lipinski definition) is 5. The summed E-state index contributed by atoms with van der Waals surface area (Å²) in [5.74, 6) is 1.75. The molecule has 0 bridgehead atoms. The van der Waals surface area contributed by atoms with Crippen LogP contribution in [0.4, 0.5) is 5.69 Å². The van der Waals surface area contributed by atoms with Crippen molar-refractivity contribution in [1.82, 2.24) is 5.32 Å². The molecule has 3 aromatic rings. The lowest BCUT2D eigenvalue weighted by Gasteiger charge is -2.23. The van der Waals surface area contributed by atoms with Crippen molar-refractivity contribution in [3.05, 3.63) is 83.4 Å². The Bertz CT molecular complexity index is 1160. The molecule has 34 heavy (non-hydrogen) atoms. The molecule has 0 aliphatic carbocycles. The van der Waals surface area contributed by atoms with E-state index in [-0.39, 0.29) is 24.5 Å². The van der Waals surface area contributed by atoms with Gasteiger partial charge in [0.2, 0.25) is 0 Å². The third-order valence-electron chi connectivity index (χ3n) is 5.84. The molecule has 0 spiro atoms. The second kappa shape index (κ2) is 10.3. The first-order chi connectivity index (χ1) is 16.5. The number of amides is 2. The van der Waals surface area contributed by atoms with E-state index in [0.29, 0.717) is 23.6 Å². The molecule has 1 atom stereocenters. The van der Waals surface area contributed by atoms with Crippen LogP contribution in [-0.2, 0) is 17.8 Å². The lowest BCUT2D eigenvalue weighted by Crippen LogP contribution is -2.35. The van der Waals surface area contributed by atoms with Gasteiger partial charge in [-0.3, -0.25) is 9.59 Å². The molecule has 1 N–H and O–H groups in total. The van der Waals surface area contributed by atoms with E-state index in [9.17, 15) is 9.59 Å². The number of ether oxygens (including phenoxy) is 3. The predicted molar refractivity (Wildman–Crippen MR) is 130 cm³/mol. The van der Waals surface area contributed by atoms with Gasteiger partial charge in [-0.25, -0.2) is 0 Å². The van der Waals surface area contributed by atoms with Crippen LogP contribution in [0.15, 0.2) is 66.7 Å². The number of anilines is 1. The molecule has 176 valence electrons. The van der Waals surface area contributed by atoms with E-state index in [4.69, 9.17) is 14.2 Å². The molecule has 1 heterocycles. The van der Waals surface area contributed by atoms with Crippen molar-refractivity contribution in [2.24, 2.45) is 0 Å². The maximum absolute atomic E-state index is 13.2. The number of nitrogens with one attached hydrogen (secondary N) is 1. The molecule has 0 fully saturated rings. The summed E-state index contributed by atoms with van der Waals surface area (Å²) in [7, 11) is 3.19. The number of rotatable bonds is 8. The first kappa shape index (κ1) is 23.2. The van der Waals surface area contributed by atoms with Gasteiger partial charge in [-0.2, -0.15) is 0 Å². The van der Waals surface area contributed by atoms with Crippen LogP contribution < -0.4 is 24.4 Å². The topological polar surface area (TPSA) is 77.1 Å². The Kier molecular flexibility index (Phi) is 7.01. The molecule has 0 aromatic heterocycles. The molecule has 1 aliphatic heterocycles. The number of carbonyl (C=O) groups is 2. The second-order valence-corrected chi connectivity index (χ2v) is 8.16. The average Bonchev–Trinajstić information content (AvgIpc) is 3.21. The molecule has 1 aliphatic rings. The van der Waals surface area contributed by atoms with Gasteiger partial charge in [0.1, 0.15) is 17.2 Å². The van der Waals surface area contributed by atoms with Crippen LogP contribution >= 0.6 is 0 Å². The normalized spacial score (nSPS) is 14.3. The zero-order valence-electron chi connectivity index (χ0n) is 19.5. The van der Waals surface area contributed by atoms with Crippen LogP contribution in [0, 0.1) is 0 Å². The number of fused-ring (bicyclic) bond motifs is 1. The molecular formula is C27H28N2O5. The van der Waals surface area contributed by atoms with Gasteiger partial charge in [0.25, 0.3) is 11.8 Å². The third kappa shape index (κ3) is 5.14. The van der Waals surface area contributed by atoms with Crippen molar-refractivity contribution in [2.75, 3.05) is 25.7 Å². The number of hydrogen-bond donors (Lipinski definition) is 1. The Labute approximate surface area is 199 Å². The Hall–Kier alpha value is -4.00. The molecule has 0 saturated carbocycles. The van der Waals surface area contributed by atoms with Gasteiger partial charge in [-0.1, -0.05) is 12.1 Å². The summed E-state index contributed by atoms with van der Waals surface area (Å²) in [4.78, 5) is 27.3. The maximum Gasteiger partial charge on any atom is 0.258 e. The van der Waals surface area contributed by atoms with Crippen molar-refractivity contribution in [3.8, 4) is 17.2 Å². The van der Waals surface area contributed by atoms with Crippen LogP contribution in [0.1, 0.15) is 28.4 Å². The zero-order chi connectivity index (χ0) is 24.1. The van der Waals surface area contributed by atoms with E-state index in [2.05, 4.69) is 5.32 Å². The smallest absolute Gasteiger partial charge is 0.258 e. The number of nitrogens with zero attached hydrogens (tertiary/aromatic N) is 1. The summed E-state index contributed by atoms with van der Waals surface area (Å²) >= 11 is 0. The molecule has 2 amide bonds. The van der Waals surface area contributed by atoms with Gasteiger partial charge in [-0.15, -0.1) is 0 Å². The maximum atomic E-state index is 13.2. The molecule has 7 heteroatoms. The van der Waals surface area contributed by atoms with Gasteiger partial charge >= 0.3 is 0 Å². The summed E-state index contributed by atoms with van der Waals surface area (Å²) in [6.45, 7) is 2.30. The monoisotopic (exact) mass is 460 g/mol. The minimum Gasteiger partial charge on any atom is -0.497 e. The van der Waals surface area contributed by atoms with E-state index in [0.717, 1.165) is 29.0 Å². The quantitative estimate of drug-likeness (QED) is 0.550. The largest absolute Gasteiger partial charge is 0.497 e. The third-order valence-corrected chi connectivity index (χ3v) is 5.84. The Balaban J connectivity index is 1.38. The fraction of sp³-hybridized carbons (Fsp3) is 0.259. The van der Waals surface area contributed by atoms with E-state index in [1.807, 2.05) is 30.0 Å². The van der Waals surface area contributed by atoms with E-state index < -0.39 is 0 Å². The summed E-state index contributed by atoms with van der Waals surface area (Å²) in [5, 5.41) is 2.88. The summed E-state index contributed by atoms with van der Waals surface area (Å²) in [5.41, 5.74) is 3.52. The highest BCUT2D eigenvalue weighted by atomic mass is 16.5. The van der Waals surface area contributed by atoms with Gasteiger partial charge in [-0.05, 0) is 79.1 Å². The van der Waals surface area contributed by atoms with Gasteiger partial charge in [0.15, 0.2) is 6.61 Å². The zero-order valence-corrected chi connectivity index (χ0v) is 19.5. The Morgan fingerprint density at radius 1 is 0.912 bits per heavy atom. The molecule has 1 unspecified atom stereocenters. The van der Waals surface area contributed by atoms with Gasteiger partial charge in [0, 0.05) is 23.8 Å². The highest BCUT2D eigenvalue weighted by Gasteiger charge is 2.31. The highest BCUT2D eigenvalue weighted by Crippen LogP contribution is 2.34. The van der Waals surface area contributed by atoms with Crippen molar-refractivity contribution in [2.45, 2.75) is 25.9 Å². The molecule has 7 nitrogen and oxygen atoms in total. The van der Waals surface area contributed by atoms with Crippen LogP contribution in [-0.4, -0.2) is 38.7 Å². The number of carbonyl (C=O) groups excluding carboxylic acids is 2. The summed E-state index contributed by atoms with van der Waals surface area (Å²) in [6, 6.07) is 20.2. The van der Waals surface area contributed by atoms with E-state index >= 15 is 0 Å². The van der Waals surface area contributed by atoms with Crippen LogP contribution in [0.3, 0.4) is 0 Å². The van der Waals surface area contributed by atoms with E-state index in [1.54, 1.807) is 62.8 Å². The first-order valence-corrected chi connectivity index (χ1v) is 11.1. The van der Waals surface area contributed by atoms with Gasteiger partial charge in [0.05, 0.1) is 14.2 Å². The minimum atomic E-state index is -0.226. The lowest BCUT2D eigenvalue weighted by molar-refractivity contribution is -0.123. The summed E-state index contributed by atoms with van der Waals surface area (Å²) in [6.07, 6.45) is 0.791. The minimum absolute atomic E-state index is 0.0485. The Morgan fingerprint density at radius 2 is 1.53 bits per heavy atom. The second-order valence-electron chi connectivity index (χ2n) is 8.16. The molecule has 3 aromatic carbocycles. The van der Waals surface area contributed by atoms with Crippen LogP contribution in [0.25, 0.3) is 0 Å². The van der Waals surface area contributed by atoms with Gasteiger partial charge < -0.3 is 24.4 Å². The fourth-order valence-electron chi connectivity index (χ4n) is 4.02. The fourth-order valence-corrected chi connectivity index (χ4v) is 4.02. The average molecular weight is 461 g/mol. The standard InChI is InChI=1S/C27H28N2O5/c1-18-14-21-5-4-19(16-28-26(30)17-34-24-12-10-23(33-3)11-13-24)15-25(21)29(18)27(31)20-6-8-22(32-2)9-7-20/h4-13,15,18H,14,16-17H2,1-3H3,(H,28,30). The van der Waals surface area contributed by atoms with Crippen molar-refractivity contribution in [1.29, 1.82) is 0 Å². The molecular weight excluding hydrogens is 432 g/mol. The van der Waals surface area contributed by atoms with E-state index in [1.165, 1.54) is 0 Å². The van der Waals surface area contributed by atoms with Crippen molar-refractivity contribution in [3.63, 3.8) is 0 Å². The number of methoxy groups -OCH3 is 2. The lowest BCUT2D eigenvalue weighted by atomic mass is 10.1. The molecule has 0 radical (unpaired) electrons. The highest BCUT2D eigenvalue weighted by molar-refractivity contribution is 6.07. The molecule has 4 rings (SSSR count). The predicted octanol–water partition coefficient (Wildman–Crippen LogP) is 3.99.